The van der Waals surface area contributed by atoms with Gasteiger partial charge in [-0.15, -0.1) is 0 Å². The molecule has 0 saturated carbocycles. The molecule has 114 valence electrons. The highest BCUT2D eigenvalue weighted by atomic mass is 79.9. The van der Waals surface area contributed by atoms with Gasteiger partial charge in [0.25, 0.3) is 0 Å². The van der Waals surface area contributed by atoms with E-state index in [0.29, 0.717) is 10.2 Å². The van der Waals surface area contributed by atoms with Crippen molar-refractivity contribution in [2.45, 2.75) is 0 Å². The van der Waals surface area contributed by atoms with Crippen molar-refractivity contribution in [2.75, 3.05) is 22.1 Å². The number of hydrogen-bond acceptors (Lipinski definition) is 5. The first-order valence-electron chi connectivity index (χ1n) is 5.99. The Balaban J connectivity index is 2.17. The summed E-state index contributed by atoms with van der Waals surface area (Å²) in [7, 11) is 0. The number of hydrogen-bond donors (Lipinski definition) is 5. The van der Waals surface area contributed by atoms with Gasteiger partial charge in [0.05, 0.1) is 11.3 Å². The van der Waals surface area contributed by atoms with Crippen molar-refractivity contribution < 1.29 is 14.7 Å². The third-order valence-electron chi connectivity index (χ3n) is 2.58. The maximum absolute atomic E-state index is 11.9. The molecule has 1 aromatic heterocycles. The average Bonchev–Trinajstić information content (AvgIpc) is 2.39. The van der Waals surface area contributed by atoms with Gasteiger partial charge in [-0.05, 0) is 18.2 Å². The van der Waals surface area contributed by atoms with Crippen LogP contribution in [0.5, 0.6) is 0 Å². The van der Waals surface area contributed by atoms with E-state index in [4.69, 9.17) is 16.6 Å². The first-order chi connectivity index (χ1) is 10.3. The van der Waals surface area contributed by atoms with Gasteiger partial charge in [0.15, 0.2) is 0 Å². The summed E-state index contributed by atoms with van der Waals surface area (Å²) in [5, 5.41) is 14.1. The summed E-state index contributed by atoms with van der Waals surface area (Å²) >= 11 is 3.17. The number of nitrogen functional groups attached to an aromatic ring is 2. The van der Waals surface area contributed by atoms with Gasteiger partial charge in [0.1, 0.15) is 11.6 Å². The predicted octanol–water partition coefficient (Wildman–Crippen LogP) is 2.35. The lowest BCUT2D eigenvalue weighted by atomic mass is 10.2. The summed E-state index contributed by atoms with van der Waals surface area (Å²) in [4.78, 5) is 26.9. The zero-order chi connectivity index (χ0) is 16.3. The molecule has 2 rings (SSSR count). The smallest absolute Gasteiger partial charge is 0.337 e. The molecule has 1 heterocycles. The molecule has 0 unspecified atom stereocenters. The molecule has 0 aliphatic heterocycles. The van der Waals surface area contributed by atoms with E-state index in [2.05, 4.69) is 31.5 Å². The molecule has 22 heavy (non-hydrogen) atoms. The Bertz CT molecular complexity index is 730. The van der Waals surface area contributed by atoms with Crippen LogP contribution in [0.25, 0.3) is 0 Å². The second-order valence-electron chi connectivity index (χ2n) is 4.28. The SMILES string of the molecule is Nc1cc(NC(=O)Nc2ccc(Br)cc2C(=O)O)cc(N)n1. The van der Waals surface area contributed by atoms with Crippen molar-refractivity contribution >= 4 is 50.9 Å². The van der Waals surface area contributed by atoms with Crippen molar-refractivity contribution in [1.82, 2.24) is 4.98 Å². The maximum atomic E-state index is 11.9. The number of carboxylic acids is 1. The Morgan fingerprint density at radius 1 is 1.09 bits per heavy atom. The number of urea groups is 1. The summed E-state index contributed by atoms with van der Waals surface area (Å²) in [5.41, 5.74) is 11.5. The van der Waals surface area contributed by atoms with Gasteiger partial charge in [-0.2, -0.15) is 0 Å². The van der Waals surface area contributed by atoms with Gasteiger partial charge < -0.3 is 27.2 Å². The van der Waals surface area contributed by atoms with Crippen LogP contribution in [0.1, 0.15) is 10.4 Å². The van der Waals surface area contributed by atoms with Gasteiger partial charge in [-0.1, -0.05) is 15.9 Å². The van der Waals surface area contributed by atoms with Gasteiger partial charge in [0, 0.05) is 22.3 Å². The Morgan fingerprint density at radius 2 is 1.73 bits per heavy atom. The number of nitrogens with one attached hydrogen (secondary N) is 2. The van der Waals surface area contributed by atoms with Crippen molar-refractivity contribution in [1.29, 1.82) is 0 Å². The van der Waals surface area contributed by atoms with E-state index in [-0.39, 0.29) is 22.9 Å². The van der Waals surface area contributed by atoms with E-state index in [1.165, 1.54) is 24.3 Å². The molecule has 1 aromatic carbocycles. The summed E-state index contributed by atoms with van der Waals surface area (Å²) in [6.07, 6.45) is 0. The minimum Gasteiger partial charge on any atom is -0.478 e. The van der Waals surface area contributed by atoms with Crippen LogP contribution >= 0.6 is 15.9 Å². The standard InChI is InChI=1S/C13H12BrN5O3/c14-6-1-2-9(8(3-6)12(20)21)18-13(22)17-7-4-10(15)19-11(16)5-7/h1-5H,(H,20,21)(H6,15,16,17,18,19,22). The highest BCUT2D eigenvalue weighted by Crippen LogP contribution is 2.22. The van der Waals surface area contributed by atoms with Crippen molar-refractivity contribution in [3.8, 4) is 0 Å². The molecule has 8 nitrogen and oxygen atoms in total. The highest BCUT2D eigenvalue weighted by molar-refractivity contribution is 9.10. The predicted molar refractivity (Wildman–Crippen MR) is 86.8 cm³/mol. The Hall–Kier alpha value is -2.81. The van der Waals surface area contributed by atoms with Gasteiger partial charge in [-0.3, -0.25) is 0 Å². The van der Waals surface area contributed by atoms with Gasteiger partial charge in [0.2, 0.25) is 0 Å². The van der Waals surface area contributed by atoms with E-state index in [1.54, 1.807) is 6.07 Å². The molecule has 7 N–H and O–H groups in total. The molecule has 0 aliphatic rings. The number of pyridine rings is 1. The molecule has 2 amide bonds. The zero-order valence-electron chi connectivity index (χ0n) is 11.1. The van der Waals surface area contributed by atoms with E-state index in [9.17, 15) is 9.59 Å². The number of carbonyl (C=O) groups excluding carboxylic acids is 1. The molecular formula is C13H12BrN5O3. The number of nitrogens with zero attached hydrogens (tertiary/aromatic N) is 1. The zero-order valence-corrected chi connectivity index (χ0v) is 12.7. The summed E-state index contributed by atoms with van der Waals surface area (Å²) in [6, 6.07) is 6.70. The number of amides is 2. The monoisotopic (exact) mass is 365 g/mol. The number of nitrogens with two attached hydrogens (primary N) is 2. The number of benzene rings is 1. The number of aromatic carboxylic acids is 1. The summed E-state index contributed by atoms with van der Waals surface area (Å²) in [6.45, 7) is 0. The summed E-state index contributed by atoms with van der Waals surface area (Å²) in [5.74, 6) is -0.843. The highest BCUT2D eigenvalue weighted by Gasteiger charge is 2.13. The van der Waals surface area contributed by atoms with E-state index in [1.807, 2.05) is 0 Å². The molecule has 0 atom stereocenters. The van der Waals surface area contributed by atoms with E-state index in [0.717, 1.165) is 0 Å². The largest absolute Gasteiger partial charge is 0.478 e. The number of carboxylic acid groups (broad SMARTS) is 1. The number of rotatable bonds is 3. The van der Waals surface area contributed by atoms with Crippen LogP contribution in [0.15, 0.2) is 34.8 Å². The molecule has 0 aliphatic carbocycles. The van der Waals surface area contributed by atoms with Gasteiger partial charge >= 0.3 is 12.0 Å². The normalized spacial score (nSPS) is 10.0. The number of halogens is 1. The summed E-state index contributed by atoms with van der Waals surface area (Å²) < 4.78 is 0.588. The molecule has 2 aromatic rings. The molecular weight excluding hydrogens is 354 g/mol. The number of carbonyl (C=O) groups is 2. The fourth-order valence-corrected chi connectivity index (χ4v) is 2.09. The van der Waals surface area contributed by atoms with Crippen LogP contribution in [0.2, 0.25) is 0 Å². The lowest BCUT2D eigenvalue weighted by Crippen LogP contribution is -2.21. The Kier molecular flexibility index (Phi) is 4.47. The third kappa shape index (κ3) is 3.85. The van der Waals surface area contributed by atoms with Crippen LogP contribution in [0.4, 0.5) is 27.8 Å². The molecule has 0 fully saturated rings. The van der Waals surface area contributed by atoms with Crippen molar-refractivity contribution in [3.63, 3.8) is 0 Å². The fraction of sp³-hybridized carbons (Fsp3) is 0. The first kappa shape index (κ1) is 15.6. The first-order valence-corrected chi connectivity index (χ1v) is 6.78. The molecule has 0 bridgehead atoms. The second kappa shape index (κ2) is 6.31. The van der Waals surface area contributed by atoms with E-state index < -0.39 is 12.0 Å². The van der Waals surface area contributed by atoms with Gasteiger partial charge in [-0.25, -0.2) is 14.6 Å². The maximum Gasteiger partial charge on any atom is 0.337 e. The van der Waals surface area contributed by atoms with Crippen LogP contribution < -0.4 is 22.1 Å². The van der Waals surface area contributed by atoms with Crippen LogP contribution in [0.3, 0.4) is 0 Å². The average molecular weight is 366 g/mol. The van der Waals surface area contributed by atoms with Crippen molar-refractivity contribution in [2.24, 2.45) is 0 Å². The third-order valence-corrected chi connectivity index (χ3v) is 3.08. The van der Waals surface area contributed by atoms with Crippen LogP contribution in [-0.4, -0.2) is 22.1 Å². The minimum absolute atomic E-state index is 0.0433. The van der Waals surface area contributed by atoms with Crippen LogP contribution in [0, 0.1) is 0 Å². The molecule has 0 spiro atoms. The molecule has 9 heteroatoms. The lowest BCUT2D eigenvalue weighted by Gasteiger charge is -2.11. The van der Waals surface area contributed by atoms with Crippen molar-refractivity contribution in [3.05, 3.63) is 40.4 Å². The number of anilines is 4. The minimum atomic E-state index is -1.16. The topological polar surface area (TPSA) is 143 Å². The molecule has 0 radical (unpaired) electrons. The Morgan fingerprint density at radius 3 is 2.32 bits per heavy atom. The quantitative estimate of drug-likeness (QED) is 0.564. The fourth-order valence-electron chi connectivity index (χ4n) is 1.73. The second-order valence-corrected chi connectivity index (χ2v) is 5.20. The van der Waals surface area contributed by atoms with E-state index >= 15 is 0 Å². The lowest BCUT2D eigenvalue weighted by molar-refractivity contribution is 0.0698. The van der Waals surface area contributed by atoms with Crippen LogP contribution in [-0.2, 0) is 0 Å². The Labute approximate surface area is 133 Å². The number of aromatic nitrogens is 1. The molecule has 0 saturated heterocycles.